The van der Waals surface area contributed by atoms with Crippen LogP contribution in [0.4, 0.5) is 5.69 Å². The van der Waals surface area contributed by atoms with Crippen molar-refractivity contribution in [2.24, 2.45) is 0 Å². The van der Waals surface area contributed by atoms with Gasteiger partial charge in [0.25, 0.3) is 5.91 Å². The summed E-state index contributed by atoms with van der Waals surface area (Å²) in [4.78, 5) is 12.5. The maximum absolute atomic E-state index is 12.5. The molecule has 1 aromatic heterocycles. The van der Waals surface area contributed by atoms with E-state index in [1.807, 2.05) is 55.5 Å². The molecule has 1 N–H and O–H groups in total. The number of hydrogen-bond acceptors (Lipinski definition) is 3. The highest BCUT2D eigenvalue weighted by molar-refractivity contribution is 6.06. The van der Waals surface area contributed by atoms with Crippen LogP contribution in [0.1, 0.15) is 21.7 Å². The molecule has 4 nitrogen and oxygen atoms in total. The van der Waals surface area contributed by atoms with E-state index in [4.69, 9.17) is 9.15 Å². The SMILES string of the molecule is COCc1c(C(=O)Nc2cccc(C)c2)oc2ccccc12. The number of hydrogen-bond donors (Lipinski definition) is 1. The standard InChI is InChI=1S/C18H17NO3/c1-12-6-5-7-13(10-12)19-18(20)17-15(11-21-2)14-8-3-4-9-16(14)22-17/h3-10H,11H2,1-2H3,(H,19,20). The lowest BCUT2D eigenvalue weighted by Crippen LogP contribution is -2.13. The highest BCUT2D eigenvalue weighted by Crippen LogP contribution is 2.27. The van der Waals surface area contributed by atoms with Gasteiger partial charge in [0.05, 0.1) is 6.61 Å². The van der Waals surface area contributed by atoms with E-state index < -0.39 is 0 Å². The quantitative estimate of drug-likeness (QED) is 0.787. The van der Waals surface area contributed by atoms with Crippen molar-refractivity contribution in [3.05, 3.63) is 65.4 Å². The Hall–Kier alpha value is -2.59. The van der Waals surface area contributed by atoms with Gasteiger partial charge >= 0.3 is 0 Å². The number of aryl methyl sites for hydroxylation is 1. The molecule has 22 heavy (non-hydrogen) atoms. The van der Waals surface area contributed by atoms with Crippen LogP contribution in [-0.2, 0) is 11.3 Å². The fourth-order valence-corrected chi connectivity index (χ4v) is 2.48. The summed E-state index contributed by atoms with van der Waals surface area (Å²) in [5.41, 5.74) is 3.28. The normalized spacial score (nSPS) is 10.8. The van der Waals surface area contributed by atoms with Crippen LogP contribution in [0.2, 0.25) is 0 Å². The van der Waals surface area contributed by atoms with Crippen molar-refractivity contribution >= 4 is 22.6 Å². The molecule has 112 valence electrons. The van der Waals surface area contributed by atoms with Gasteiger partial charge in [-0.3, -0.25) is 4.79 Å². The second kappa shape index (κ2) is 6.03. The summed E-state index contributed by atoms with van der Waals surface area (Å²) in [7, 11) is 1.60. The van der Waals surface area contributed by atoms with E-state index in [1.165, 1.54) is 0 Å². The minimum Gasteiger partial charge on any atom is -0.451 e. The van der Waals surface area contributed by atoms with E-state index in [0.717, 1.165) is 22.2 Å². The summed E-state index contributed by atoms with van der Waals surface area (Å²) in [5, 5.41) is 3.77. The number of benzene rings is 2. The van der Waals surface area contributed by atoms with Crippen LogP contribution in [0.25, 0.3) is 11.0 Å². The molecule has 0 aliphatic carbocycles. The van der Waals surface area contributed by atoms with Crippen LogP contribution in [0.5, 0.6) is 0 Å². The van der Waals surface area contributed by atoms with Gasteiger partial charge in [0, 0.05) is 23.7 Å². The summed E-state index contributed by atoms with van der Waals surface area (Å²) in [6.07, 6.45) is 0. The number of ether oxygens (including phenoxy) is 1. The van der Waals surface area contributed by atoms with E-state index in [-0.39, 0.29) is 5.91 Å². The van der Waals surface area contributed by atoms with Crippen LogP contribution < -0.4 is 5.32 Å². The second-order valence-corrected chi connectivity index (χ2v) is 5.16. The summed E-state index contributed by atoms with van der Waals surface area (Å²) >= 11 is 0. The first-order valence-electron chi connectivity index (χ1n) is 7.06. The summed E-state index contributed by atoms with van der Waals surface area (Å²) < 4.78 is 10.9. The van der Waals surface area contributed by atoms with Gasteiger partial charge in [0.15, 0.2) is 5.76 Å². The molecule has 4 heteroatoms. The topological polar surface area (TPSA) is 51.5 Å². The van der Waals surface area contributed by atoms with Crippen LogP contribution in [0, 0.1) is 6.92 Å². The van der Waals surface area contributed by atoms with Crippen molar-refractivity contribution in [2.75, 3.05) is 12.4 Å². The van der Waals surface area contributed by atoms with Gasteiger partial charge in [0.1, 0.15) is 5.58 Å². The maximum atomic E-state index is 12.5. The van der Waals surface area contributed by atoms with Gasteiger partial charge in [-0.2, -0.15) is 0 Å². The first kappa shape index (κ1) is 14.4. The summed E-state index contributed by atoms with van der Waals surface area (Å²) in [5.74, 6) is 0.0263. The largest absolute Gasteiger partial charge is 0.451 e. The van der Waals surface area contributed by atoms with Gasteiger partial charge < -0.3 is 14.5 Å². The summed E-state index contributed by atoms with van der Waals surface area (Å²) in [6.45, 7) is 2.31. The Labute approximate surface area is 128 Å². The molecule has 0 unspecified atom stereocenters. The molecule has 0 saturated heterocycles. The van der Waals surface area contributed by atoms with Crippen molar-refractivity contribution in [3.63, 3.8) is 0 Å². The van der Waals surface area contributed by atoms with Crippen LogP contribution in [-0.4, -0.2) is 13.0 Å². The smallest absolute Gasteiger partial charge is 0.291 e. The molecule has 0 saturated carbocycles. The highest BCUT2D eigenvalue weighted by atomic mass is 16.5. The third-order valence-corrected chi connectivity index (χ3v) is 3.47. The van der Waals surface area contributed by atoms with Crippen LogP contribution in [0.3, 0.4) is 0 Å². The second-order valence-electron chi connectivity index (χ2n) is 5.16. The number of fused-ring (bicyclic) bond motifs is 1. The molecule has 1 heterocycles. The Morgan fingerprint density at radius 3 is 2.77 bits per heavy atom. The third kappa shape index (κ3) is 2.73. The number of carbonyl (C=O) groups is 1. The predicted octanol–water partition coefficient (Wildman–Crippen LogP) is 4.14. The van der Waals surface area contributed by atoms with E-state index >= 15 is 0 Å². The number of rotatable bonds is 4. The molecule has 0 bridgehead atoms. The number of anilines is 1. The molecule has 2 aromatic carbocycles. The molecule has 0 aliphatic heterocycles. The average molecular weight is 295 g/mol. The van der Waals surface area contributed by atoms with E-state index in [1.54, 1.807) is 7.11 Å². The minimum absolute atomic E-state index is 0.270. The third-order valence-electron chi connectivity index (χ3n) is 3.47. The van der Waals surface area contributed by atoms with Crippen LogP contribution in [0.15, 0.2) is 52.9 Å². The summed E-state index contributed by atoms with van der Waals surface area (Å²) in [6, 6.07) is 15.2. The van der Waals surface area contributed by atoms with Crippen molar-refractivity contribution in [1.29, 1.82) is 0 Å². The van der Waals surface area contributed by atoms with Crippen LogP contribution >= 0.6 is 0 Å². The van der Waals surface area contributed by atoms with Crippen molar-refractivity contribution in [3.8, 4) is 0 Å². The molecule has 0 radical (unpaired) electrons. The first-order chi connectivity index (χ1) is 10.7. The van der Waals surface area contributed by atoms with E-state index in [2.05, 4.69) is 5.32 Å². The zero-order valence-electron chi connectivity index (χ0n) is 12.6. The van der Waals surface area contributed by atoms with Crippen molar-refractivity contribution in [1.82, 2.24) is 0 Å². The van der Waals surface area contributed by atoms with Crippen molar-refractivity contribution < 1.29 is 13.9 Å². The Balaban J connectivity index is 1.98. The Kier molecular flexibility index (Phi) is 3.94. The van der Waals surface area contributed by atoms with E-state index in [0.29, 0.717) is 18.0 Å². The average Bonchev–Trinajstić information content (AvgIpc) is 2.87. The minimum atomic E-state index is -0.270. The van der Waals surface area contributed by atoms with Gasteiger partial charge in [-0.05, 0) is 30.7 Å². The lowest BCUT2D eigenvalue weighted by Gasteiger charge is -2.06. The number of para-hydroxylation sites is 1. The Bertz CT molecular complexity index is 820. The van der Waals surface area contributed by atoms with Gasteiger partial charge in [-0.15, -0.1) is 0 Å². The van der Waals surface area contributed by atoms with Gasteiger partial charge in [-0.1, -0.05) is 30.3 Å². The Morgan fingerprint density at radius 1 is 1.18 bits per heavy atom. The van der Waals surface area contributed by atoms with Crippen molar-refractivity contribution in [2.45, 2.75) is 13.5 Å². The van der Waals surface area contributed by atoms with Gasteiger partial charge in [-0.25, -0.2) is 0 Å². The lowest BCUT2D eigenvalue weighted by atomic mass is 10.1. The molecule has 0 fully saturated rings. The lowest BCUT2D eigenvalue weighted by molar-refractivity contribution is 0.0992. The number of furan rings is 1. The molecule has 1 amide bonds. The van der Waals surface area contributed by atoms with E-state index in [9.17, 15) is 4.79 Å². The monoisotopic (exact) mass is 295 g/mol. The predicted molar refractivity (Wildman–Crippen MR) is 86.1 cm³/mol. The fraction of sp³-hybridized carbons (Fsp3) is 0.167. The molecular formula is C18H17NO3. The highest BCUT2D eigenvalue weighted by Gasteiger charge is 2.20. The molecule has 3 rings (SSSR count). The van der Waals surface area contributed by atoms with Gasteiger partial charge in [0.2, 0.25) is 0 Å². The number of amides is 1. The number of carbonyl (C=O) groups excluding carboxylic acids is 1. The number of nitrogens with one attached hydrogen (secondary N) is 1. The maximum Gasteiger partial charge on any atom is 0.291 e. The zero-order valence-corrected chi connectivity index (χ0v) is 12.6. The Morgan fingerprint density at radius 2 is 2.00 bits per heavy atom. The molecular weight excluding hydrogens is 278 g/mol. The number of methoxy groups -OCH3 is 1. The fourth-order valence-electron chi connectivity index (χ4n) is 2.48. The molecule has 3 aromatic rings. The zero-order chi connectivity index (χ0) is 15.5. The molecule has 0 spiro atoms. The first-order valence-corrected chi connectivity index (χ1v) is 7.06. The molecule has 0 atom stereocenters. The molecule has 0 aliphatic rings.